The van der Waals surface area contributed by atoms with E-state index >= 15 is 0 Å². The van der Waals surface area contributed by atoms with E-state index in [1.54, 1.807) is 12.1 Å². The summed E-state index contributed by atoms with van der Waals surface area (Å²) in [6, 6.07) is 4.77. The van der Waals surface area contributed by atoms with E-state index in [9.17, 15) is 4.79 Å². The van der Waals surface area contributed by atoms with Crippen LogP contribution >= 0.6 is 11.6 Å². The number of nitrogens with zero attached hydrogens (tertiary/aromatic N) is 2. The average Bonchev–Trinajstić information content (AvgIpc) is 2.68. The molecule has 2 aromatic heterocycles. The molecule has 6 heteroatoms. The maximum absolute atomic E-state index is 10.6. The van der Waals surface area contributed by atoms with Gasteiger partial charge in [-0.15, -0.1) is 0 Å². The molecule has 0 atom stereocenters. The molecule has 0 unspecified atom stereocenters. The van der Waals surface area contributed by atoms with Crippen molar-refractivity contribution in [2.75, 3.05) is 0 Å². The molecule has 0 amide bonds. The smallest absolute Gasteiger partial charge is 0.353 e. The molecule has 2 aromatic rings. The second kappa shape index (κ2) is 3.70. The molecule has 0 saturated heterocycles. The number of carboxylic acids is 1. The molecule has 0 aliphatic carbocycles. The first-order valence-electron chi connectivity index (χ1n) is 4.07. The van der Waals surface area contributed by atoms with Crippen LogP contribution in [-0.4, -0.2) is 26.3 Å². The Bertz CT molecular complexity index is 492. The van der Waals surface area contributed by atoms with Gasteiger partial charge in [0.25, 0.3) is 0 Å². The van der Waals surface area contributed by atoms with Crippen molar-refractivity contribution in [2.45, 2.75) is 0 Å². The lowest BCUT2D eigenvalue weighted by atomic mass is 10.2. The number of hydrogen-bond donors (Lipinski definition) is 2. The van der Waals surface area contributed by atoms with Crippen LogP contribution in [0.3, 0.4) is 0 Å². The Kier molecular flexibility index (Phi) is 2.39. The summed E-state index contributed by atoms with van der Waals surface area (Å²) in [5.74, 6) is -1.05. The lowest BCUT2D eigenvalue weighted by molar-refractivity contribution is 0.0690. The van der Waals surface area contributed by atoms with Gasteiger partial charge in [-0.3, -0.25) is 5.10 Å². The van der Waals surface area contributed by atoms with Crippen LogP contribution < -0.4 is 0 Å². The zero-order valence-electron chi connectivity index (χ0n) is 7.44. The molecule has 0 radical (unpaired) electrons. The highest BCUT2D eigenvalue weighted by Crippen LogP contribution is 2.17. The quantitative estimate of drug-likeness (QED) is 0.762. The number of aromatic nitrogens is 3. The molecule has 15 heavy (non-hydrogen) atoms. The molecule has 5 nitrogen and oxygen atoms in total. The van der Waals surface area contributed by atoms with Gasteiger partial charge < -0.3 is 5.11 Å². The van der Waals surface area contributed by atoms with Crippen molar-refractivity contribution < 1.29 is 9.90 Å². The van der Waals surface area contributed by atoms with Crippen molar-refractivity contribution in [3.05, 3.63) is 35.2 Å². The van der Waals surface area contributed by atoms with Crippen molar-refractivity contribution >= 4 is 17.6 Å². The van der Waals surface area contributed by atoms with Gasteiger partial charge in [0.15, 0.2) is 0 Å². The molecule has 0 aliphatic heterocycles. The van der Waals surface area contributed by atoms with Gasteiger partial charge in [0.05, 0.1) is 5.69 Å². The molecule has 0 aromatic carbocycles. The maximum Gasteiger partial charge on any atom is 0.353 e. The molecule has 0 saturated carbocycles. The Morgan fingerprint density at radius 2 is 2.27 bits per heavy atom. The van der Waals surface area contributed by atoms with Gasteiger partial charge in [-0.25, -0.2) is 9.78 Å². The number of halogens is 1. The fourth-order valence-corrected chi connectivity index (χ4v) is 1.22. The summed E-state index contributed by atoms with van der Waals surface area (Å²) in [4.78, 5) is 14.5. The van der Waals surface area contributed by atoms with Gasteiger partial charge in [0.2, 0.25) is 0 Å². The van der Waals surface area contributed by atoms with Crippen molar-refractivity contribution in [1.29, 1.82) is 0 Å². The largest absolute Gasteiger partial charge is 0.477 e. The summed E-state index contributed by atoms with van der Waals surface area (Å²) >= 11 is 5.62. The van der Waals surface area contributed by atoms with Crippen LogP contribution in [-0.2, 0) is 0 Å². The van der Waals surface area contributed by atoms with Crippen LogP contribution in [0.4, 0.5) is 0 Å². The van der Waals surface area contributed by atoms with Crippen LogP contribution in [0, 0.1) is 0 Å². The number of nitrogens with one attached hydrogen (secondary N) is 1. The van der Waals surface area contributed by atoms with Crippen LogP contribution in [0.1, 0.15) is 10.5 Å². The molecule has 0 fully saturated rings. The Hall–Kier alpha value is -1.88. The van der Waals surface area contributed by atoms with E-state index < -0.39 is 5.97 Å². The highest BCUT2D eigenvalue weighted by atomic mass is 35.5. The number of carboxylic acid groups (broad SMARTS) is 1. The first-order chi connectivity index (χ1) is 7.16. The zero-order chi connectivity index (χ0) is 10.8. The molecule has 2 N–H and O–H groups in total. The third-order valence-corrected chi connectivity index (χ3v) is 2.05. The second-order valence-corrected chi connectivity index (χ2v) is 3.23. The minimum atomic E-state index is -1.05. The summed E-state index contributed by atoms with van der Waals surface area (Å²) < 4.78 is 0. The first kappa shape index (κ1) is 9.67. The molecular formula is C9H6ClN3O2. The van der Waals surface area contributed by atoms with E-state index in [2.05, 4.69) is 15.2 Å². The summed E-state index contributed by atoms with van der Waals surface area (Å²) in [6.07, 6.45) is 1.53. The second-order valence-electron chi connectivity index (χ2n) is 2.84. The van der Waals surface area contributed by atoms with E-state index in [0.29, 0.717) is 16.4 Å². The average molecular weight is 224 g/mol. The van der Waals surface area contributed by atoms with Gasteiger partial charge in [0.1, 0.15) is 10.8 Å². The van der Waals surface area contributed by atoms with Crippen LogP contribution in [0.25, 0.3) is 11.3 Å². The normalized spacial score (nSPS) is 10.2. The number of H-pyrrole nitrogens is 1. The van der Waals surface area contributed by atoms with Crippen LogP contribution in [0.5, 0.6) is 0 Å². The number of carbonyl (C=O) groups is 1. The van der Waals surface area contributed by atoms with E-state index in [0.717, 1.165) is 0 Å². The van der Waals surface area contributed by atoms with Crippen LogP contribution in [0.15, 0.2) is 24.4 Å². The number of hydrogen-bond acceptors (Lipinski definition) is 3. The SMILES string of the molecule is O=C(O)c1cc(-c2ccc(Cl)nc2)n[nH]1. The predicted octanol–water partition coefficient (Wildman–Crippen LogP) is 1.82. The van der Waals surface area contributed by atoms with Crippen LogP contribution in [0.2, 0.25) is 5.15 Å². The number of pyridine rings is 1. The highest BCUT2D eigenvalue weighted by Gasteiger charge is 2.08. The molecule has 0 aliphatic rings. The number of aromatic amines is 1. The van der Waals surface area contributed by atoms with E-state index in [1.807, 2.05) is 0 Å². The van der Waals surface area contributed by atoms with E-state index in [1.165, 1.54) is 12.3 Å². The monoisotopic (exact) mass is 223 g/mol. The van der Waals surface area contributed by atoms with E-state index in [-0.39, 0.29) is 5.69 Å². The topological polar surface area (TPSA) is 78.9 Å². The molecule has 0 spiro atoms. The van der Waals surface area contributed by atoms with Crippen molar-refractivity contribution in [3.63, 3.8) is 0 Å². The molecule has 2 rings (SSSR count). The summed E-state index contributed by atoms with van der Waals surface area (Å²) in [5.41, 5.74) is 1.28. The van der Waals surface area contributed by atoms with Gasteiger partial charge in [0, 0.05) is 11.8 Å². The lowest BCUT2D eigenvalue weighted by Crippen LogP contribution is -1.95. The fraction of sp³-hybridized carbons (Fsp3) is 0. The summed E-state index contributed by atoms with van der Waals surface area (Å²) in [6.45, 7) is 0. The molecule has 0 bridgehead atoms. The highest BCUT2D eigenvalue weighted by molar-refractivity contribution is 6.29. The van der Waals surface area contributed by atoms with Gasteiger partial charge in [-0.2, -0.15) is 5.10 Å². The molecule has 76 valence electrons. The Balaban J connectivity index is 2.37. The third kappa shape index (κ3) is 1.97. The maximum atomic E-state index is 10.6. The van der Waals surface area contributed by atoms with Crippen molar-refractivity contribution in [2.24, 2.45) is 0 Å². The minimum Gasteiger partial charge on any atom is -0.477 e. The first-order valence-corrected chi connectivity index (χ1v) is 4.45. The Morgan fingerprint density at radius 3 is 2.80 bits per heavy atom. The summed E-state index contributed by atoms with van der Waals surface area (Å²) in [7, 11) is 0. The molecular weight excluding hydrogens is 218 g/mol. The van der Waals surface area contributed by atoms with Crippen molar-refractivity contribution in [1.82, 2.24) is 15.2 Å². The summed E-state index contributed by atoms with van der Waals surface area (Å²) in [5, 5.41) is 15.3. The van der Waals surface area contributed by atoms with Gasteiger partial charge in [-0.05, 0) is 18.2 Å². The predicted molar refractivity (Wildman–Crippen MR) is 53.8 cm³/mol. The number of aromatic carboxylic acids is 1. The van der Waals surface area contributed by atoms with Gasteiger partial charge >= 0.3 is 5.97 Å². The zero-order valence-corrected chi connectivity index (χ0v) is 8.19. The Morgan fingerprint density at radius 1 is 1.47 bits per heavy atom. The minimum absolute atomic E-state index is 0.0416. The lowest BCUT2D eigenvalue weighted by Gasteiger charge is -1.93. The third-order valence-electron chi connectivity index (χ3n) is 1.83. The standard InChI is InChI=1S/C9H6ClN3O2/c10-8-2-1-5(4-11-8)6-3-7(9(14)15)13-12-6/h1-4H,(H,12,13)(H,14,15). The van der Waals surface area contributed by atoms with Gasteiger partial charge in [-0.1, -0.05) is 11.6 Å². The fourth-order valence-electron chi connectivity index (χ4n) is 1.11. The van der Waals surface area contributed by atoms with Crippen molar-refractivity contribution in [3.8, 4) is 11.3 Å². The molecule has 2 heterocycles. The Labute approximate surface area is 89.7 Å². The number of rotatable bonds is 2. The van der Waals surface area contributed by atoms with E-state index in [4.69, 9.17) is 16.7 Å².